The van der Waals surface area contributed by atoms with Crippen molar-refractivity contribution in [1.29, 1.82) is 0 Å². The van der Waals surface area contributed by atoms with Gasteiger partial charge in [0.2, 0.25) is 5.91 Å². The highest BCUT2D eigenvalue weighted by atomic mass is 16.3. The van der Waals surface area contributed by atoms with Crippen LogP contribution in [0.25, 0.3) is 21.9 Å². The van der Waals surface area contributed by atoms with Gasteiger partial charge in [0, 0.05) is 23.3 Å². The van der Waals surface area contributed by atoms with Gasteiger partial charge in [-0.2, -0.15) is 0 Å². The second-order valence-corrected chi connectivity index (χ2v) is 6.73. The molecule has 1 amide bonds. The van der Waals surface area contributed by atoms with Gasteiger partial charge in [-0.05, 0) is 54.5 Å². The number of aryl methyl sites for hydroxylation is 1. The summed E-state index contributed by atoms with van der Waals surface area (Å²) < 4.78 is 0. The van der Waals surface area contributed by atoms with Crippen molar-refractivity contribution in [3.8, 4) is 11.1 Å². The maximum Gasteiger partial charge on any atom is 0.229 e. The first-order chi connectivity index (χ1) is 12.0. The summed E-state index contributed by atoms with van der Waals surface area (Å²) in [4.78, 5) is 20.5. The Morgan fingerprint density at radius 1 is 1.16 bits per heavy atom. The molecule has 3 aromatic rings. The van der Waals surface area contributed by atoms with Crippen LogP contribution < -0.4 is 5.73 Å². The second-order valence-electron chi connectivity index (χ2n) is 6.73. The third kappa shape index (κ3) is 2.57. The number of amides is 1. The Bertz CT molecular complexity index is 993. The van der Waals surface area contributed by atoms with E-state index in [1.54, 1.807) is 6.20 Å². The summed E-state index contributed by atoms with van der Waals surface area (Å²) in [6.45, 7) is 1.94. The molecule has 0 radical (unpaired) electrons. The molecule has 1 aliphatic rings. The number of carbonyl (C=O) groups is 1. The Balaban J connectivity index is 1.76. The number of nitrogens with zero attached hydrogens (tertiary/aromatic N) is 2. The van der Waals surface area contributed by atoms with Crippen LogP contribution in [0.5, 0.6) is 0 Å². The summed E-state index contributed by atoms with van der Waals surface area (Å²) in [6, 6.07) is 10.0. The van der Waals surface area contributed by atoms with Crippen LogP contribution in [0.3, 0.4) is 0 Å². The van der Waals surface area contributed by atoms with Crippen LogP contribution >= 0.6 is 0 Å². The Labute approximate surface area is 145 Å². The number of primary amides is 1. The summed E-state index contributed by atoms with van der Waals surface area (Å²) in [5.41, 5.74) is 9.55. The Hall–Kier alpha value is -2.79. The van der Waals surface area contributed by atoms with Crippen molar-refractivity contribution in [2.24, 2.45) is 5.73 Å². The fourth-order valence-corrected chi connectivity index (χ4v) is 3.33. The minimum absolute atomic E-state index is 0.0624. The average Bonchev–Trinajstić information content (AvgIpc) is 3.43. The lowest BCUT2D eigenvalue weighted by Gasteiger charge is -2.12. The lowest BCUT2D eigenvalue weighted by molar-refractivity contribution is -0.120. The average molecular weight is 333 g/mol. The van der Waals surface area contributed by atoms with Crippen LogP contribution in [0.15, 0.2) is 42.7 Å². The largest absolute Gasteiger partial charge is 0.390 e. The zero-order valence-electron chi connectivity index (χ0n) is 14.0. The van der Waals surface area contributed by atoms with E-state index < -0.39 is 5.41 Å². The number of aliphatic hydroxyl groups excluding tert-OH is 1. The maximum atomic E-state index is 11.7. The van der Waals surface area contributed by atoms with E-state index in [9.17, 15) is 9.90 Å². The second kappa shape index (κ2) is 5.63. The number of benzene rings is 1. The number of fused-ring (bicyclic) bond motifs is 1. The summed E-state index contributed by atoms with van der Waals surface area (Å²) in [5.74, 6) is -0.290. The molecule has 2 heterocycles. The Kier molecular flexibility index (Phi) is 3.54. The van der Waals surface area contributed by atoms with Crippen molar-refractivity contribution >= 4 is 16.7 Å². The normalized spacial score (nSPS) is 15.3. The van der Waals surface area contributed by atoms with Gasteiger partial charge < -0.3 is 10.8 Å². The van der Waals surface area contributed by atoms with E-state index in [0.29, 0.717) is 5.69 Å². The number of aliphatic hydroxyl groups is 1. The third-order valence-corrected chi connectivity index (χ3v) is 5.07. The molecular weight excluding hydrogens is 314 g/mol. The summed E-state index contributed by atoms with van der Waals surface area (Å²) in [6.07, 6.45) is 5.15. The molecule has 1 fully saturated rings. The van der Waals surface area contributed by atoms with Gasteiger partial charge in [-0.25, -0.2) is 0 Å². The molecule has 4 rings (SSSR count). The zero-order chi connectivity index (χ0) is 17.6. The molecule has 1 aromatic carbocycles. The molecule has 1 aliphatic carbocycles. The quantitative estimate of drug-likeness (QED) is 0.768. The number of hydrogen-bond donors (Lipinski definition) is 2. The number of aromatic nitrogens is 2. The first-order valence-corrected chi connectivity index (χ1v) is 8.30. The minimum Gasteiger partial charge on any atom is -0.390 e. The topological polar surface area (TPSA) is 89.1 Å². The molecule has 0 unspecified atom stereocenters. The molecule has 3 N–H and O–H groups in total. The first-order valence-electron chi connectivity index (χ1n) is 8.30. The van der Waals surface area contributed by atoms with Gasteiger partial charge in [0.05, 0.1) is 23.4 Å². The van der Waals surface area contributed by atoms with Crippen LogP contribution in [0.4, 0.5) is 0 Å². The van der Waals surface area contributed by atoms with Crippen molar-refractivity contribution in [2.75, 3.05) is 0 Å². The first kappa shape index (κ1) is 15.7. The van der Waals surface area contributed by atoms with Gasteiger partial charge in [0.1, 0.15) is 0 Å². The molecule has 0 bridgehead atoms. The predicted octanol–water partition coefficient (Wildman–Crippen LogP) is 2.61. The highest BCUT2D eigenvalue weighted by Crippen LogP contribution is 2.47. The zero-order valence-corrected chi connectivity index (χ0v) is 14.0. The number of pyridine rings is 2. The molecule has 0 atom stereocenters. The summed E-state index contributed by atoms with van der Waals surface area (Å²) in [7, 11) is 0. The highest BCUT2D eigenvalue weighted by Gasteiger charge is 2.51. The molecule has 5 nitrogen and oxygen atoms in total. The molecule has 0 spiro atoms. The predicted molar refractivity (Wildman–Crippen MR) is 95.7 cm³/mol. The summed E-state index contributed by atoms with van der Waals surface area (Å²) in [5, 5.41) is 11.2. The monoisotopic (exact) mass is 333 g/mol. The smallest absolute Gasteiger partial charge is 0.229 e. The van der Waals surface area contributed by atoms with Crippen molar-refractivity contribution in [3.63, 3.8) is 0 Å². The molecule has 5 heteroatoms. The molecule has 2 aromatic heterocycles. The van der Waals surface area contributed by atoms with E-state index >= 15 is 0 Å². The fraction of sp³-hybridized carbons (Fsp3) is 0.250. The van der Waals surface area contributed by atoms with Gasteiger partial charge in [0.15, 0.2) is 0 Å². The summed E-state index contributed by atoms with van der Waals surface area (Å²) >= 11 is 0. The highest BCUT2D eigenvalue weighted by molar-refractivity contribution is 5.92. The lowest BCUT2D eigenvalue weighted by Crippen LogP contribution is -2.29. The Morgan fingerprint density at radius 2 is 1.96 bits per heavy atom. The molecule has 1 saturated carbocycles. The van der Waals surface area contributed by atoms with E-state index in [0.717, 1.165) is 46.0 Å². The molecule has 126 valence electrons. The van der Waals surface area contributed by atoms with Gasteiger partial charge in [-0.3, -0.25) is 14.8 Å². The van der Waals surface area contributed by atoms with E-state index in [-0.39, 0.29) is 12.5 Å². The number of hydrogen-bond acceptors (Lipinski definition) is 4. The third-order valence-electron chi connectivity index (χ3n) is 5.07. The fourth-order valence-electron chi connectivity index (χ4n) is 3.33. The van der Waals surface area contributed by atoms with Crippen LogP contribution in [-0.2, 0) is 16.8 Å². The number of rotatable bonds is 4. The molecule has 25 heavy (non-hydrogen) atoms. The van der Waals surface area contributed by atoms with Crippen molar-refractivity contribution in [1.82, 2.24) is 9.97 Å². The van der Waals surface area contributed by atoms with Crippen LogP contribution in [0.2, 0.25) is 0 Å². The molecule has 0 aliphatic heterocycles. The van der Waals surface area contributed by atoms with Crippen LogP contribution in [0, 0.1) is 6.92 Å². The SMILES string of the molecule is Cc1cc(CO)ncc1-c1ccc2cc(C3(C(N)=O)CC3)ncc2c1. The van der Waals surface area contributed by atoms with Crippen LogP contribution in [0.1, 0.15) is 29.8 Å². The standard InChI is InChI=1S/C20H19N3O2/c1-12-6-16(11-24)22-10-17(12)14-3-2-13-8-18(23-9-15(13)7-14)20(4-5-20)19(21)25/h2-3,6-10,24H,4-5,11H2,1H3,(H2,21,25). The van der Waals surface area contributed by atoms with Crippen molar-refractivity contribution in [2.45, 2.75) is 31.8 Å². The van der Waals surface area contributed by atoms with Gasteiger partial charge in [-0.1, -0.05) is 12.1 Å². The molecular formula is C20H19N3O2. The van der Waals surface area contributed by atoms with E-state index in [2.05, 4.69) is 16.0 Å². The number of nitrogens with two attached hydrogens (primary N) is 1. The van der Waals surface area contributed by atoms with Crippen molar-refractivity contribution in [3.05, 3.63) is 59.7 Å². The minimum atomic E-state index is -0.562. The van der Waals surface area contributed by atoms with E-state index in [4.69, 9.17) is 5.73 Å². The van der Waals surface area contributed by atoms with Gasteiger partial charge in [0.25, 0.3) is 0 Å². The Morgan fingerprint density at radius 3 is 2.60 bits per heavy atom. The molecule has 0 saturated heterocycles. The van der Waals surface area contributed by atoms with Gasteiger partial charge >= 0.3 is 0 Å². The van der Waals surface area contributed by atoms with E-state index in [1.165, 1.54) is 0 Å². The number of carbonyl (C=O) groups excluding carboxylic acids is 1. The van der Waals surface area contributed by atoms with Crippen molar-refractivity contribution < 1.29 is 9.90 Å². The van der Waals surface area contributed by atoms with Crippen LogP contribution in [-0.4, -0.2) is 21.0 Å². The maximum absolute atomic E-state index is 11.7. The lowest BCUT2D eigenvalue weighted by atomic mass is 9.96. The van der Waals surface area contributed by atoms with E-state index in [1.807, 2.05) is 37.4 Å². The van der Waals surface area contributed by atoms with Gasteiger partial charge in [-0.15, -0.1) is 0 Å².